The normalized spacial score (nSPS) is 16.0. The molecule has 1 aliphatic heterocycles. The fourth-order valence-corrected chi connectivity index (χ4v) is 3.65. The van der Waals surface area contributed by atoms with Gasteiger partial charge in [0.2, 0.25) is 5.91 Å². The molecule has 1 aromatic rings. The molecule has 1 fully saturated rings. The summed E-state index contributed by atoms with van der Waals surface area (Å²) in [6.45, 7) is 3.22. The smallest absolute Gasteiger partial charge is 0.322 e. The lowest BCUT2D eigenvalue weighted by Crippen LogP contribution is -2.58. The predicted molar refractivity (Wildman–Crippen MR) is 122 cm³/mol. The summed E-state index contributed by atoms with van der Waals surface area (Å²) in [5.41, 5.74) is 0.566. The van der Waals surface area contributed by atoms with Gasteiger partial charge in [0, 0.05) is 23.8 Å². The van der Waals surface area contributed by atoms with Crippen LogP contribution in [0.1, 0.15) is 64.7 Å². The van der Waals surface area contributed by atoms with Crippen molar-refractivity contribution in [2.24, 2.45) is 0 Å². The minimum atomic E-state index is -0.882. The van der Waals surface area contributed by atoms with Gasteiger partial charge in [-0.1, -0.05) is 63.5 Å². The van der Waals surface area contributed by atoms with E-state index in [9.17, 15) is 14.4 Å². The number of nitrogens with one attached hydrogen (secondary N) is 2. The van der Waals surface area contributed by atoms with Crippen LogP contribution in [0.5, 0.6) is 0 Å². The number of anilines is 1. The van der Waals surface area contributed by atoms with Crippen molar-refractivity contribution in [1.82, 2.24) is 10.2 Å². The number of ether oxygens (including phenoxy) is 1. The zero-order valence-corrected chi connectivity index (χ0v) is 19.1. The number of urea groups is 1. The summed E-state index contributed by atoms with van der Waals surface area (Å²) < 4.78 is 5.31. The number of rotatable bonds is 12. The number of carbonyl (C=O) groups is 3. The number of hydrogen-bond acceptors (Lipinski definition) is 4. The Kier molecular flexibility index (Phi) is 11.2. The Balaban J connectivity index is 1.74. The quantitative estimate of drug-likeness (QED) is 0.354. The summed E-state index contributed by atoms with van der Waals surface area (Å²) in [4.78, 5) is 38.6. The van der Waals surface area contributed by atoms with Gasteiger partial charge in [-0.15, -0.1) is 0 Å². The van der Waals surface area contributed by atoms with E-state index in [0.717, 1.165) is 19.3 Å². The fraction of sp³-hybridized carbons (Fsp3) is 0.609. The van der Waals surface area contributed by atoms with E-state index in [4.69, 9.17) is 16.3 Å². The van der Waals surface area contributed by atoms with E-state index in [1.165, 1.54) is 37.0 Å². The first kappa shape index (κ1) is 25.0. The van der Waals surface area contributed by atoms with E-state index in [1.807, 2.05) is 0 Å². The first-order valence-corrected chi connectivity index (χ1v) is 11.7. The van der Waals surface area contributed by atoms with Crippen molar-refractivity contribution in [3.63, 3.8) is 0 Å². The molecule has 1 aromatic carbocycles. The summed E-state index contributed by atoms with van der Waals surface area (Å²) in [5.74, 6) is -0.809. The number of esters is 1. The predicted octanol–water partition coefficient (Wildman–Crippen LogP) is 4.75. The van der Waals surface area contributed by atoms with Crippen LogP contribution in [0.15, 0.2) is 24.3 Å². The average molecular weight is 452 g/mol. The monoisotopic (exact) mass is 451 g/mol. The molecule has 1 atom stereocenters. The van der Waals surface area contributed by atoms with Crippen molar-refractivity contribution in [3.05, 3.63) is 29.3 Å². The summed E-state index contributed by atoms with van der Waals surface area (Å²) in [6.07, 6.45) is 9.14. The largest absolute Gasteiger partial charge is 0.466 e. The van der Waals surface area contributed by atoms with E-state index in [2.05, 4.69) is 17.6 Å². The zero-order valence-electron chi connectivity index (χ0n) is 18.3. The maximum Gasteiger partial charge on any atom is 0.322 e. The maximum absolute atomic E-state index is 12.7. The average Bonchev–Trinajstić information content (AvgIpc) is 2.75. The fourth-order valence-electron chi connectivity index (χ4n) is 3.53. The van der Waals surface area contributed by atoms with Crippen LogP contribution in [0.4, 0.5) is 10.5 Å². The van der Waals surface area contributed by atoms with Crippen LogP contribution < -0.4 is 10.6 Å². The van der Waals surface area contributed by atoms with Crippen LogP contribution in [0.2, 0.25) is 5.02 Å². The van der Waals surface area contributed by atoms with Crippen LogP contribution in [-0.4, -0.2) is 48.5 Å². The third-order valence-corrected chi connectivity index (χ3v) is 5.56. The van der Waals surface area contributed by atoms with Gasteiger partial charge in [-0.3, -0.25) is 9.59 Å². The van der Waals surface area contributed by atoms with Gasteiger partial charge in [0.1, 0.15) is 6.04 Å². The number of piperazine rings is 1. The van der Waals surface area contributed by atoms with E-state index in [0.29, 0.717) is 30.4 Å². The second-order valence-electron chi connectivity index (χ2n) is 7.84. The van der Waals surface area contributed by atoms with Crippen molar-refractivity contribution < 1.29 is 19.1 Å². The molecule has 1 aliphatic rings. The van der Waals surface area contributed by atoms with Crippen molar-refractivity contribution in [1.29, 1.82) is 0 Å². The Labute approximate surface area is 189 Å². The summed E-state index contributed by atoms with van der Waals surface area (Å²) in [5, 5.41) is 6.02. The summed E-state index contributed by atoms with van der Waals surface area (Å²) in [6, 6.07) is 5.37. The highest BCUT2D eigenvalue weighted by Crippen LogP contribution is 2.17. The molecule has 1 saturated heterocycles. The van der Waals surface area contributed by atoms with Gasteiger partial charge in [0.15, 0.2) is 0 Å². The Morgan fingerprint density at radius 2 is 1.74 bits per heavy atom. The molecule has 1 unspecified atom stereocenters. The van der Waals surface area contributed by atoms with Gasteiger partial charge in [-0.25, -0.2) is 4.79 Å². The Bertz CT molecular complexity index is 711. The van der Waals surface area contributed by atoms with Crippen molar-refractivity contribution in [2.45, 2.75) is 70.8 Å². The Morgan fingerprint density at radius 1 is 1.10 bits per heavy atom. The molecular formula is C23H34ClN3O4. The summed E-state index contributed by atoms with van der Waals surface area (Å²) >= 11 is 5.86. The minimum Gasteiger partial charge on any atom is -0.466 e. The zero-order chi connectivity index (χ0) is 22.5. The van der Waals surface area contributed by atoms with E-state index < -0.39 is 18.0 Å². The second kappa shape index (κ2) is 13.9. The number of amides is 3. The summed E-state index contributed by atoms with van der Waals surface area (Å²) in [7, 11) is 0. The molecule has 2 N–H and O–H groups in total. The lowest BCUT2D eigenvalue weighted by atomic mass is 10.1. The van der Waals surface area contributed by atoms with Gasteiger partial charge in [-0.05, 0) is 30.7 Å². The van der Waals surface area contributed by atoms with E-state index in [-0.39, 0.29) is 12.3 Å². The van der Waals surface area contributed by atoms with Gasteiger partial charge in [0.25, 0.3) is 0 Å². The third kappa shape index (κ3) is 9.17. The molecule has 2 rings (SSSR count). The number of carbonyl (C=O) groups excluding carboxylic acids is 3. The lowest BCUT2D eigenvalue weighted by molar-refractivity contribution is -0.147. The molecular weight excluding hydrogens is 418 g/mol. The molecule has 0 aliphatic carbocycles. The number of unbranched alkanes of at least 4 members (excludes halogenated alkanes) is 7. The van der Waals surface area contributed by atoms with Crippen LogP contribution >= 0.6 is 11.6 Å². The van der Waals surface area contributed by atoms with Gasteiger partial charge in [-0.2, -0.15) is 0 Å². The highest BCUT2D eigenvalue weighted by molar-refractivity contribution is 6.30. The molecule has 0 spiro atoms. The molecule has 0 aromatic heterocycles. The number of halogens is 1. The second-order valence-corrected chi connectivity index (χ2v) is 8.27. The molecule has 172 valence electrons. The van der Waals surface area contributed by atoms with Crippen molar-refractivity contribution in [3.8, 4) is 0 Å². The minimum absolute atomic E-state index is 0.156. The topological polar surface area (TPSA) is 87.7 Å². The van der Waals surface area contributed by atoms with Crippen LogP contribution in [0.3, 0.4) is 0 Å². The van der Waals surface area contributed by atoms with Crippen LogP contribution in [0.25, 0.3) is 0 Å². The molecule has 0 saturated carbocycles. The number of benzene rings is 1. The third-order valence-electron chi connectivity index (χ3n) is 5.31. The Hall–Kier alpha value is -2.28. The molecule has 0 bridgehead atoms. The SMILES string of the molecule is CCCCCCCCCCOC(=O)CC1C(=O)NCCN1C(=O)Nc1ccc(Cl)cc1. The first-order chi connectivity index (χ1) is 15.0. The molecule has 8 heteroatoms. The Morgan fingerprint density at radius 3 is 2.42 bits per heavy atom. The van der Waals surface area contributed by atoms with E-state index in [1.54, 1.807) is 24.3 Å². The van der Waals surface area contributed by atoms with E-state index >= 15 is 0 Å². The maximum atomic E-state index is 12.7. The number of hydrogen-bond donors (Lipinski definition) is 2. The van der Waals surface area contributed by atoms with Crippen LogP contribution in [-0.2, 0) is 14.3 Å². The molecule has 3 amide bonds. The lowest BCUT2D eigenvalue weighted by Gasteiger charge is -2.34. The standard InChI is InChI=1S/C23H34ClN3O4/c1-2-3-4-5-6-7-8-9-16-31-21(28)17-20-22(29)25-14-15-27(20)23(30)26-19-12-10-18(24)11-13-19/h10-13,20H,2-9,14-17H2,1H3,(H,25,29)(H,26,30). The molecule has 31 heavy (non-hydrogen) atoms. The van der Waals surface area contributed by atoms with Crippen LogP contribution in [0, 0.1) is 0 Å². The molecule has 1 heterocycles. The molecule has 7 nitrogen and oxygen atoms in total. The molecule has 0 radical (unpaired) electrons. The highest BCUT2D eigenvalue weighted by atomic mass is 35.5. The van der Waals surface area contributed by atoms with Gasteiger partial charge >= 0.3 is 12.0 Å². The van der Waals surface area contributed by atoms with Crippen molar-refractivity contribution in [2.75, 3.05) is 25.0 Å². The number of nitrogens with zero attached hydrogens (tertiary/aromatic N) is 1. The van der Waals surface area contributed by atoms with Crippen molar-refractivity contribution >= 4 is 35.2 Å². The van der Waals surface area contributed by atoms with Gasteiger partial charge in [0.05, 0.1) is 13.0 Å². The highest BCUT2D eigenvalue weighted by Gasteiger charge is 2.35. The first-order valence-electron chi connectivity index (χ1n) is 11.3. The van der Waals surface area contributed by atoms with Gasteiger partial charge < -0.3 is 20.3 Å².